The van der Waals surface area contributed by atoms with E-state index in [0.717, 1.165) is 35.7 Å². The lowest BCUT2D eigenvalue weighted by molar-refractivity contribution is 0.0980. The van der Waals surface area contributed by atoms with E-state index in [2.05, 4.69) is 12.1 Å². The molecule has 0 aliphatic carbocycles. The van der Waals surface area contributed by atoms with Crippen LogP contribution in [0, 0.1) is 20.8 Å². The van der Waals surface area contributed by atoms with Crippen molar-refractivity contribution < 1.29 is 9.59 Å². The second-order valence-electron chi connectivity index (χ2n) is 6.51. The summed E-state index contributed by atoms with van der Waals surface area (Å²) in [6, 6.07) is 9.18. The largest absolute Gasteiger partial charge is 0.294 e. The van der Waals surface area contributed by atoms with Crippen LogP contribution >= 0.6 is 31.8 Å². The molecule has 1 atom stereocenters. The standard InChI is InChI=1S/C21H23Cl2O2P/c1-13-11-14(2)19(15(3)12-13)21(25)26-10-5-4-9-18(24)20-16(22)7-6-8-17(20)23/h6-8,11-12,26H,4-5,9-10H2,1-3H3. The number of carbonyl (C=O) groups is 2. The molecular formula is C21H23Cl2O2P. The Labute approximate surface area is 167 Å². The van der Waals surface area contributed by atoms with Gasteiger partial charge in [0.15, 0.2) is 11.3 Å². The zero-order valence-electron chi connectivity index (χ0n) is 15.3. The van der Waals surface area contributed by atoms with E-state index in [1.807, 2.05) is 20.8 Å². The van der Waals surface area contributed by atoms with Gasteiger partial charge in [0, 0.05) is 12.0 Å². The number of hydrogen-bond donors (Lipinski definition) is 0. The number of rotatable bonds is 8. The van der Waals surface area contributed by atoms with Gasteiger partial charge in [0.05, 0.1) is 15.6 Å². The summed E-state index contributed by atoms with van der Waals surface area (Å²) in [6.07, 6.45) is 2.76. The number of aryl methyl sites for hydroxylation is 3. The first-order valence-electron chi connectivity index (χ1n) is 8.64. The second-order valence-corrected chi connectivity index (χ2v) is 8.63. The zero-order valence-corrected chi connectivity index (χ0v) is 17.8. The summed E-state index contributed by atoms with van der Waals surface area (Å²) in [5.41, 5.74) is 4.73. The molecule has 5 heteroatoms. The fourth-order valence-electron chi connectivity index (χ4n) is 3.13. The van der Waals surface area contributed by atoms with E-state index >= 15 is 0 Å². The summed E-state index contributed by atoms with van der Waals surface area (Å²) in [6.45, 7) is 6.02. The third-order valence-corrected chi connectivity index (χ3v) is 6.07. The molecule has 2 aromatic carbocycles. The average molecular weight is 409 g/mol. The highest BCUT2D eigenvalue weighted by Gasteiger charge is 2.15. The smallest absolute Gasteiger partial charge is 0.181 e. The number of benzene rings is 2. The molecule has 0 bridgehead atoms. The predicted molar refractivity (Wildman–Crippen MR) is 113 cm³/mol. The zero-order chi connectivity index (χ0) is 19.3. The van der Waals surface area contributed by atoms with Crippen LogP contribution in [-0.4, -0.2) is 17.5 Å². The van der Waals surface area contributed by atoms with E-state index in [-0.39, 0.29) is 19.9 Å². The lowest BCUT2D eigenvalue weighted by Crippen LogP contribution is -2.03. The second kappa shape index (κ2) is 9.65. The molecular weight excluding hydrogens is 386 g/mol. The van der Waals surface area contributed by atoms with Crippen LogP contribution in [0.3, 0.4) is 0 Å². The van der Waals surface area contributed by atoms with Crippen molar-refractivity contribution in [2.45, 2.75) is 40.0 Å². The molecule has 26 heavy (non-hydrogen) atoms. The lowest BCUT2D eigenvalue weighted by Gasteiger charge is -2.10. The normalized spacial score (nSPS) is 11.3. The Bertz CT molecular complexity index is 788. The van der Waals surface area contributed by atoms with E-state index in [1.54, 1.807) is 18.2 Å². The summed E-state index contributed by atoms with van der Waals surface area (Å²) < 4.78 is 0. The van der Waals surface area contributed by atoms with Gasteiger partial charge < -0.3 is 0 Å². The van der Waals surface area contributed by atoms with Crippen molar-refractivity contribution >= 4 is 43.1 Å². The highest BCUT2D eigenvalue weighted by Crippen LogP contribution is 2.28. The maximum atomic E-state index is 12.5. The molecule has 0 fully saturated rings. The molecule has 138 valence electrons. The van der Waals surface area contributed by atoms with Crippen LogP contribution in [-0.2, 0) is 0 Å². The van der Waals surface area contributed by atoms with Crippen molar-refractivity contribution in [3.8, 4) is 0 Å². The molecule has 2 nitrogen and oxygen atoms in total. The Morgan fingerprint density at radius 3 is 2.08 bits per heavy atom. The third-order valence-electron chi connectivity index (χ3n) is 4.26. The Morgan fingerprint density at radius 2 is 1.50 bits per heavy atom. The van der Waals surface area contributed by atoms with E-state index < -0.39 is 0 Å². The Balaban J connectivity index is 1.82. The lowest BCUT2D eigenvalue weighted by atomic mass is 10.0. The van der Waals surface area contributed by atoms with E-state index in [1.165, 1.54) is 5.56 Å². The summed E-state index contributed by atoms with van der Waals surface area (Å²) >= 11 is 12.1. The van der Waals surface area contributed by atoms with Gasteiger partial charge in [-0.15, -0.1) is 0 Å². The molecule has 0 amide bonds. The van der Waals surface area contributed by atoms with Crippen molar-refractivity contribution in [3.05, 3.63) is 68.2 Å². The molecule has 0 spiro atoms. The van der Waals surface area contributed by atoms with Gasteiger partial charge in [0.2, 0.25) is 0 Å². The van der Waals surface area contributed by atoms with Crippen LogP contribution in [0.4, 0.5) is 0 Å². The van der Waals surface area contributed by atoms with E-state index in [0.29, 0.717) is 22.0 Å². The third kappa shape index (κ3) is 5.39. The van der Waals surface area contributed by atoms with Crippen LogP contribution in [0.1, 0.15) is 56.7 Å². The number of unbranched alkanes of at least 4 members (excludes halogenated alkanes) is 1. The highest BCUT2D eigenvalue weighted by molar-refractivity contribution is 7.58. The van der Waals surface area contributed by atoms with Crippen molar-refractivity contribution in [1.82, 2.24) is 0 Å². The molecule has 0 N–H and O–H groups in total. The van der Waals surface area contributed by atoms with Gasteiger partial charge >= 0.3 is 0 Å². The fourth-order valence-corrected chi connectivity index (χ4v) is 4.96. The summed E-state index contributed by atoms with van der Waals surface area (Å²) in [4.78, 5) is 24.8. The molecule has 0 aliphatic heterocycles. The topological polar surface area (TPSA) is 34.1 Å². The van der Waals surface area contributed by atoms with Crippen LogP contribution in [0.5, 0.6) is 0 Å². The quantitative estimate of drug-likeness (QED) is 0.273. The molecule has 0 heterocycles. The van der Waals surface area contributed by atoms with Crippen LogP contribution in [0.15, 0.2) is 30.3 Å². The Kier molecular flexibility index (Phi) is 7.83. The monoisotopic (exact) mass is 408 g/mol. The van der Waals surface area contributed by atoms with Gasteiger partial charge in [-0.1, -0.05) is 47.0 Å². The molecule has 0 saturated heterocycles. The molecule has 0 aliphatic rings. The van der Waals surface area contributed by atoms with Gasteiger partial charge in [0.1, 0.15) is 0 Å². The highest BCUT2D eigenvalue weighted by atomic mass is 35.5. The van der Waals surface area contributed by atoms with Crippen LogP contribution < -0.4 is 0 Å². The van der Waals surface area contributed by atoms with E-state index in [4.69, 9.17) is 23.2 Å². The first-order chi connectivity index (χ1) is 12.3. The maximum absolute atomic E-state index is 12.5. The summed E-state index contributed by atoms with van der Waals surface area (Å²) in [7, 11) is 0.236. The maximum Gasteiger partial charge on any atom is 0.181 e. The molecule has 2 rings (SSSR count). The minimum absolute atomic E-state index is 0.0412. The Morgan fingerprint density at radius 1 is 0.923 bits per heavy atom. The number of halogens is 2. The fraction of sp³-hybridized carbons (Fsp3) is 0.333. The summed E-state index contributed by atoms with van der Waals surface area (Å²) in [5, 5.41) is 0.787. The van der Waals surface area contributed by atoms with Crippen molar-refractivity contribution in [3.63, 3.8) is 0 Å². The minimum atomic E-state index is -0.0412. The van der Waals surface area contributed by atoms with Gasteiger partial charge in [-0.25, -0.2) is 0 Å². The molecule has 2 aromatic rings. The number of ketones is 1. The number of carbonyl (C=O) groups excluding carboxylic acids is 2. The van der Waals surface area contributed by atoms with Gasteiger partial charge in [-0.05, 0) is 71.6 Å². The average Bonchev–Trinajstić information content (AvgIpc) is 2.53. The van der Waals surface area contributed by atoms with Crippen LogP contribution in [0.25, 0.3) is 0 Å². The first kappa shape index (κ1) is 21.1. The van der Waals surface area contributed by atoms with Gasteiger partial charge in [-0.2, -0.15) is 0 Å². The molecule has 1 unspecified atom stereocenters. The van der Waals surface area contributed by atoms with Crippen molar-refractivity contribution in [1.29, 1.82) is 0 Å². The molecule has 0 saturated carbocycles. The van der Waals surface area contributed by atoms with Gasteiger partial charge in [-0.3, -0.25) is 9.59 Å². The first-order valence-corrected chi connectivity index (χ1v) is 10.6. The van der Waals surface area contributed by atoms with Crippen molar-refractivity contribution in [2.75, 3.05) is 6.16 Å². The van der Waals surface area contributed by atoms with E-state index in [9.17, 15) is 9.59 Å². The molecule has 0 radical (unpaired) electrons. The predicted octanol–water partition coefficient (Wildman–Crippen LogP) is 6.79. The van der Waals surface area contributed by atoms with Crippen molar-refractivity contribution in [2.24, 2.45) is 0 Å². The molecule has 0 aromatic heterocycles. The van der Waals surface area contributed by atoms with Gasteiger partial charge in [0.25, 0.3) is 0 Å². The SMILES string of the molecule is Cc1cc(C)c(C(=O)PCCCCC(=O)c2c(Cl)cccc2Cl)c(C)c1. The summed E-state index contributed by atoms with van der Waals surface area (Å²) in [5.74, 6) is -0.0412. The Hall–Kier alpha value is -1.21. The minimum Gasteiger partial charge on any atom is -0.294 e. The number of hydrogen-bond acceptors (Lipinski definition) is 2. The van der Waals surface area contributed by atoms with Crippen LogP contribution in [0.2, 0.25) is 10.0 Å². The number of Topliss-reactive ketones (excluding diaryl/α,β-unsaturated/α-hetero) is 1.